The van der Waals surface area contributed by atoms with E-state index < -0.39 is 18.1 Å². The summed E-state index contributed by atoms with van der Waals surface area (Å²) in [6, 6.07) is 3.30. The van der Waals surface area contributed by atoms with Crippen LogP contribution in [0.15, 0.2) is 33.8 Å². The molecule has 26 heavy (non-hydrogen) atoms. The Labute approximate surface area is 169 Å². The second-order valence-corrected chi connectivity index (χ2v) is 7.51. The number of benzene rings is 1. The average Bonchev–Trinajstić information content (AvgIpc) is 2.62. The molecule has 0 saturated carbocycles. The van der Waals surface area contributed by atoms with Gasteiger partial charge >= 0.3 is 0 Å². The lowest BCUT2D eigenvalue weighted by atomic mass is 10.1. The lowest BCUT2D eigenvalue weighted by Crippen LogP contribution is -2.31. The molecule has 0 fully saturated rings. The SMILES string of the molecule is Cc1c(Br)ccc2c(=O)n(CC(=O)Nc3ncc(I)cn3)nc(CF)c12. The molecule has 0 aliphatic heterocycles. The van der Waals surface area contributed by atoms with E-state index in [1.54, 1.807) is 31.5 Å². The summed E-state index contributed by atoms with van der Waals surface area (Å²) in [7, 11) is 0. The molecule has 1 amide bonds. The van der Waals surface area contributed by atoms with Crippen LogP contribution in [0, 0.1) is 10.5 Å². The Morgan fingerprint density at radius 3 is 2.69 bits per heavy atom. The summed E-state index contributed by atoms with van der Waals surface area (Å²) < 4.78 is 16.0. The van der Waals surface area contributed by atoms with Gasteiger partial charge in [0.15, 0.2) is 0 Å². The zero-order chi connectivity index (χ0) is 18.8. The molecule has 3 aromatic rings. The van der Waals surface area contributed by atoms with E-state index in [1.165, 1.54) is 0 Å². The van der Waals surface area contributed by atoms with Gasteiger partial charge in [0, 0.05) is 25.8 Å². The van der Waals surface area contributed by atoms with Crippen LogP contribution >= 0.6 is 38.5 Å². The second kappa shape index (κ2) is 7.74. The standard InChI is InChI=1S/C16H12BrFIN5O2/c1-8-11(17)3-2-10-14(8)12(4-18)23-24(15(10)26)7-13(25)22-16-20-5-9(19)6-21-16/h2-3,5-6H,4,7H2,1H3,(H,20,21,22,25). The van der Waals surface area contributed by atoms with Crippen molar-refractivity contribution in [2.24, 2.45) is 0 Å². The van der Waals surface area contributed by atoms with Gasteiger partial charge in [-0.15, -0.1) is 0 Å². The summed E-state index contributed by atoms with van der Waals surface area (Å²) in [5.74, 6) is -0.409. The molecule has 134 valence electrons. The minimum Gasteiger partial charge on any atom is -0.293 e. The van der Waals surface area contributed by atoms with E-state index in [2.05, 4.69) is 36.3 Å². The number of aryl methyl sites for hydroxylation is 1. The molecular formula is C16H12BrFIN5O2. The molecule has 0 aliphatic rings. The Balaban J connectivity index is 1.96. The van der Waals surface area contributed by atoms with Crippen molar-refractivity contribution in [2.75, 3.05) is 5.32 Å². The summed E-state index contributed by atoms with van der Waals surface area (Å²) in [5, 5.41) is 7.28. The van der Waals surface area contributed by atoms with Crippen molar-refractivity contribution in [3.05, 3.63) is 54.2 Å². The zero-order valence-electron chi connectivity index (χ0n) is 13.5. The third-order valence-electron chi connectivity index (χ3n) is 3.69. The van der Waals surface area contributed by atoms with Crippen molar-refractivity contribution in [3.63, 3.8) is 0 Å². The highest BCUT2D eigenvalue weighted by Crippen LogP contribution is 2.26. The molecule has 3 rings (SSSR count). The van der Waals surface area contributed by atoms with Gasteiger partial charge in [0.2, 0.25) is 11.9 Å². The molecule has 0 spiro atoms. The van der Waals surface area contributed by atoms with E-state index >= 15 is 0 Å². The summed E-state index contributed by atoms with van der Waals surface area (Å²) >= 11 is 5.41. The topological polar surface area (TPSA) is 89.8 Å². The van der Waals surface area contributed by atoms with Crippen molar-refractivity contribution in [1.82, 2.24) is 19.7 Å². The van der Waals surface area contributed by atoms with Gasteiger partial charge in [-0.25, -0.2) is 19.0 Å². The molecule has 1 aromatic carbocycles. The van der Waals surface area contributed by atoms with Crippen LogP contribution in [0.3, 0.4) is 0 Å². The predicted octanol–water partition coefficient (Wildman–Crippen LogP) is 2.97. The van der Waals surface area contributed by atoms with Crippen LogP contribution in [0.2, 0.25) is 0 Å². The first-order valence-electron chi connectivity index (χ1n) is 7.43. The lowest BCUT2D eigenvalue weighted by molar-refractivity contribution is -0.117. The predicted molar refractivity (Wildman–Crippen MR) is 107 cm³/mol. The maximum atomic E-state index is 13.5. The summed E-state index contributed by atoms with van der Waals surface area (Å²) in [6.45, 7) is 0.556. The van der Waals surface area contributed by atoms with E-state index in [1.807, 2.05) is 22.6 Å². The highest BCUT2D eigenvalue weighted by molar-refractivity contribution is 14.1. The molecule has 0 radical (unpaired) electrons. The van der Waals surface area contributed by atoms with Gasteiger partial charge in [-0.05, 0) is 47.2 Å². The number of hydrogen-bond acceptors (Lipinski definition) is 5. The molecule has 2 heterocycles. The molecule has 1 N–H and O–H groups in total. The molecule has 10 heteroatoms. The number of anilines is 1. The fourth-order valence-electron chi connectivity index (χ4n) is 2.49. The number of carbonyl (C=O) groups is 1. The Bertz CT molecular complexity index is 1060. The number of fused-ring (bicyclic) bond motifs is 1. The number of halogens is 3. The molecule has 0 aliphatic carbocycles. The van der Waals surface area contributed by atoms with Crippen LogP contribution in [0.25, 0.3) is 10.8 Å². The van der Waals surface area contributed by atoms with Crippen LogP contribution in [0.1, 0.15) is 11.3 Å². The number of rotatable bonds is 4. The largest absolute Gasteiger partial charge is 0.293 e. The van der Waals surface area contributed by atoms with Gasteiger partial charge in [-0.2, -0.15) is 5.10 Å². The highest BCUT2D eigenvalue weighted by Gasteiger charge is 2.16. The summed E-state index contributed by atoms with van der Waals surface area (Å²) in [4.78, 5) is 32.8. The Kier molecular flexibility index (Phi) is 5.61. The molecule has 7 nitrogen and oxygen atoms in total. The average molecular weight is 532 g/mol. The first kappa shape index (κ1) is 18.8. The third-order valence-corrected chi connectivity index (χ3v) is 5.10. The van der Waals surface area contributed by atoms with Gasteiger partial charge in [0.1, 0.15) is 18.9 Å². The fraction of sp³-hybridized carbons (Fsp3) is 0.188. The Hall–Kier alpha value is -1.95. The number of nitrogens with zero attached hydrogens (tertiary/aromatic N) is 4. The van der Waals surface area contributed by atoms with Crippen molar-refractivity contribution >= 4 is 61.1 Å². The second-order valence-electron chi connectivity index (χ2n) is 5.41. The first-order chi connectivity index (χ1) is 12.4. The number of nitrogens with one attached hydrogen (secondary N) is 1. The number of amides is 1. The Morgan fingerprint density at radius 2 is 2.04 bits per heavy atom. The number of carbonyl (C=O) groups excluding carboxylic acids is 1. The van der Waals surface area contributed by atoms with Gasteiger partial charge in [0.05, 0.1) is 5.39 Å². The van der Waals surface area contributed by atoms with Crippen LogP contribution < -0.4 is 10.9 Å². The van der Waals surface area contributed by atoms with Crippen LogP contribution in [0.4, 0.5) is 10.3 Å². The van der Waals surface area contributed by atoms with E-state index in [4.69, 9.17) is 0 Å². The third kappa shape index (κ3) is 3.75. The quantitative estimate of drug-likeness (QED) is 0.523. The van der Waals surface area contributed by atoms with E-state index in [9.17, 15) is 14.0 Å². The first-order valence-corrected chi connectivity index (χ1v) is 9.30. The van der Waals surface area contributed by atoms with Crippen molar-refractivity contribution < 1.29 is 9.18 Å². The zero-order valence-corrected chi connectivity index (χ0v) is 17.2. The highest BCUT2D eigenvalue weighted by atomic mass is 127. The molecule has 2 aromatic heterocycles. The summed E-state index contributed by atoms with van der Waals surface area (Å²) in [6.07, 6.45) is 3.09. The maximum absolute atomic E-state index is 13.5. The van der Waals surface area contributed by atoms with Gasteiger partial charge in [-0.1, -0.05) is 15.9 Å². The normalized spacial score (nSPS) is 10.9. The van der Waals surface area contributed by atoms with Gasteiger partial charge in [0.25, 0.3) is 5.56 Å². The number of hydrogen-bond donors (Lipinski definition) is 1. The smallest absolute Gasteiger partial charge is 0.275 e. The van der Waals surface area contributed by atoms with Gasteiger partial charge < -0.3 is 0 Å². The number of alkyl halides is 1. The molecule has 0 atom stereocenters. The molecule has 0 bridgehead atoms. The lowest BCUT2D eigenvalue weighted by Gasteiger charge is -2.12. The van der Waals surface area contributed by atoms with E-state index in [0.29, 0.717) is 10.8 Å². The van der Waals surface area contributed by atoms with Crippen molar-refractivity contribution in [1.29, 1.82) is 0 Å². The van der Waals surface area contributed by atoms with E-state index in [0.717, 1.165) is 18.3 Å². The maximum Gasteiger partial charge on any atom is 0.275 e. The molecule has 0 unspecified atom stereocenters. The van der Waals surface area contributed by atoms with Crippen LogP contribution in [-0.4, -0.2) is 25.7 Å². The minimum atomic E-state index is -0.851. The van der Waals surface area contributed by atoms with E-state index in [-0.39, 0.29) is 18.2 Å². The van der Waals surface area contributed by atoms with Crippen LogP contribution in [0.5, 0.6) is 0 Å². The van der Waals surface area contributed by atoms with Crippen molar-refractivity contribution in [2.45, 2.75) is 20.1 Å². The summed E-state index contributed by atoms with van der Waals surface area (Å²) in [5.41, 5.74) is 0.367. The van der Waals surface area contributed by atoms with Gasteiger partial charge in [-0.3, -0.25) is 14.9 Å². The fourth-order valence-corrected chi connectivity index (χ4v) is 3.10. The number of aromatic nitrogens is 4. The van der Waals surface area contributed by atoms with Crippen molar-refractivity contribution in [3.8, 4) is 0 Å². The monoisotopic (exact) mass is 531 g/mol. The molecular weight excluding hydrogens is 520 g/mol. The molecule has 0 saturated heterocycles. The van der Waals surface area contributed by atoms with Crippen LogP contribution in [-0.2, 0) is 18.0 Å². The Morgan fingerprint density at radius 1 is 1.35 bits per heavy atom. The minimum absolute atomic E-state index is 0.108.